The highest BCUT2D eigenvalue weighted by molar-refractivity contribution is 5.46. The molecule has 0 radical (unpaired) electrons. The molecule has 1 aromatic rings. The number of aliphatic hydroxyl groups excluding tert-OH is 1. The molecule has 0 saturated carbocycles. The Kier molecular flexibility index (Phi) is 1.88. The van der Waals surface area contributed by atoms with E-state index in [9.17, 15) is 10.2 Å². The molecule has 0 aliphatic carbocycles. The van der Waals surface area contributed by atoms with Crippen LogP contribution in [0.5, 0.6) is 11.5 Å². The molecule has 0 aromatic heterocycles. The maximum Gasteiger partial charge on any atom is 0.129 e. The zero-order chi connectivity index (χ0) is 9.42. The third kappa shape index (κ3) is 1.35. The number of aliphatic hydroxyl groups is 1. The third-order valence-corrected chi connectivity index (χ3v) is 2.26. The van der Waals surface area contributed by atoms with E-state index in [2.05, 4.69) is 0 Å². The van der Waals surface area contributed by atoms with Crippen LogP contribution in [0.4, 0.5) is 0 Å². The van der Waals surface area contributed by atoms with Gasteiger partial charge in [-0.1, -0.05) is 6.07 Å². The van der Waals surface area contributed by atoms with E-state index in [4.69, 9.17) is 4.74 Å². The lowest BCUT2D eigenvalue weighted by atomic mass is 9.99. The van der Waals surface area contributed by atoms with E-state index in [1.165, 1.54) is 0 Å². The van der Waals surface area contributed by atoms with Gasteiger partial charge in [-0.25, -0.2) is 0 Å². The lowest BCUT2D eigenvalue weighted by Crippen LogP contribution is -2.22. The number of benzene rings is 1. The predicted octanol–water partition coefficient (Wildman–Crippen LogP) is 1.60. The fourth-order valence-corrected chi connectivity index (χ4v) is 1.67. The van der Waals surface area contributed by atoms with Gasteiger partial charge in [0.25, 0.3) is 0 Å². The van der Waals surface area contributed by atoms with Crippen molar-refractivity contribution in [1.29, 1.82) is 0 Å². The van der Waals surface area contributed by atoms with E-state index in [1.54, 1.807) is 18.2 Å². The van der Waals surface area contributed by atoms with Crippen LogP contribution in [0.1, 0.15) is 25.0 Å². The summed E-state index contributed by atoms with van der Waals surface area (Å²) in [5, 5.41) is 19.1. The fraction of sp³-hybridized carbons (Fsp3) is 0.400. The van der Waals surface area contributed by atoms with Gasteiger partial charge in [0, 0.05) is 6.42 Å². The predicted molar refractivity (Wildman–Crippen MR) is 47.8 cm³/mol. The minimum Gasteiger partial charge on any atom is -0.507 e. The molecule has 0 amide bonds. The van der Waals surface area contributed by atoms with Gasteiger partial charge in [0.15, 0.2) is 0 Å². The van der Waals surface area contributed by atoms with Gasteiger partial charge >= 0.3 is 0 Å². The van der Waals surface area contributed by atoms with Crippen LogP contribution in [0.2, 0.25) is 0 Å². The maximum absolute atomic E-state index is 9.67. The van der Waals surface area contributed by atoms with Crippen molar-refractivity contribution in [2.24, 2.45) is 0 Å². The zero-order valence-corrected chi connectivity index (χ0v) is 7.40. The second-order valence-corrected chi connectivity index (χ2v) is 3.37. The van der Waals surface area contributed by atoms with Crippen LogP contribution in [0.3, 0.4) is 0 Å². The van der Waals surface area contributed by atoms with Gasteiger partial charge in [-0.3, -0.25) is 0 Å². The first kappa shape index (κ1) is 8.38. The Balaban J connectivity index is 2.49. The average Bonchev–Trinajstić information content (AvgIpc) is 2.02. The Labute approximate surface area is 76.6 Å². The van der Waals surface area contributed by atoms with E-state index in [0.717, 1.165) is 0 Å². The van der Waals surface area contributed by atoms with Crippen molar-refractivity contribution in [3.63, 3.8) is 0 Å². The number of rotatable bonds is 0. The van der Waals surface area contributed by atoms with Crippen LogP contribution in [0, 0.1) is 0 Å². The number of fused-ring (bicyclic) bond motifs is 1. The molecule has 0 bridgehead atoms. The molecule has 13 heavy (non-hydrogen) atoms. The van der Waals surface area contributed by atoms with Gasteiger partial charge < -0.3 is 14.9 Å². The highest BCUT2D eigenvalue weighted by Gasteiger charge is 2.26. The number of hydrogen-bond donors (Lipinski definition) is 2. The summed E-state index contributed by atoms with van der Waals surface area (Å²) in [6.07, 6.45) is -0.0749. The van der Waals surface area contributed by atoms with Crippen molar-refractivity contribution in [2.45, 2.75) is 25.6 Å². The molecule has 0 unspecified atom stereocenters. The van der Waals surface area contributed by atoms with Crippen molar-refractivity contribution in [2.75, 3.05) is 0 Å². The first-order chi connectivity index (χ1) is 6.18. The topological polar surface area (TPSA) is 49.7 Å². The molecule has 2 atom stereocenters. The van der Waals surface area contributed by atoms with Crippen LogP contribution in [-0.4, -0.2) is 16.3 Å². The maximum atomic E-state index is 9.67. The lowest BCUT2D eigenvalue weighted by Gasteiger charge is -2.27. The summed E-state index contributed by atoms with van der Waals surface area (Å²) in [5.74, 6) is 0.697. The van der Waals surface area contributed by atoms with Crippen LogP contribution in [-0.2, 0) is 0 Å². The number of aromatic hydroxyl groups is 1. The van der Waals surface area contributed by atoms with E-state index < -0.39 is 6.10 Å². The Morgan fingerprint density at radius 3 is 3.00 bits per heavy atom. The van der Waals surface area contributed by atoms with Gasteiger partial charge in [-0.05, 0) is 19.1 Å². The molecule has 0 spiro atoms. The van der Waals surface area contributed by atoms with Crippen molar-refractivity contribution >= 4 is 0 Å². The molecule has 2 N–H and O–H groups in total. The molecule has 2 rings (SSSR count). The van der Waals surface area contributed by atoms with Crippen LogP contribution < -0.4 is 4.74 Å². The Morgan fingerprint density at radius 2 is 2.23 bits per heavy atom. The van der Waals surface area contributed by atoms with Gasteiger partial charge in [-0.15, -0.1) is 0 Å². The quantitative estimate of drug-likeness (QED) is 0.637. The molecular weight excluding hydrogens is 168 g/mol. The molecule has 1 heterocycles. The lowest BCUT2D eigenvalue weighted by molar-refractivity contribution is 0.0725. The summed E-state index contributed by atoms with van der Waals surface area (Å²) in [5.41, 5.74) is 0.514. The Hall–Kier alpha value is -1.22. The zero-order valence-electron chi connectivity index (χ0n) is 7.40. The second-order valence-electron chi connectivity index (χ2n) is 3.37. The fourth-order valence-electron chi connectivity index (χ4n) is 1.67. The second kappa shape index (κ2) is 2.92. The third-order valence-electron chi connectivity index (χ3n) is 2.26. The standard InChI is InChI=1S/C10H12O3/c1-6-5-8(12)10-7(11)3-2-4-9(10)13-6/h2-4,6,8,11-12H,5H2,1H3/t6-,8+/m0/s1. The monoisotopic (exact) mass is 180 g/mol. The van der Waals surface area contributed by atoms with E-state index >= 15 is 0 Å². The first-order valence-electron chi connectivity index (χ1n) is 4.35. The summed E-state index contributed by atoms with van der Waals surface area (Å²) in [6.45, 7) is 1.90. The van der Waals surface area contributed by atoms with Gasteiger partial charge in [-0.2, -0.15) is 0 Å². The number of phenolic OH excluding ortho intramolecular Hbond substituents is 1. The highest BCUT2D eigenvalue weighted by atomic mass is 16.5. The van der Waals surface area contributed by atoms with Gasteiger partial charge in [0.05, 0.1) is 17.8 Å². The number of phenols is 1. The summed E-state index contributed by atoms with van der Waals surface area (Å²) in [7, 11) is 0. The molecule has 1 aliphatic rings. The molecular formula is C10H12O3. The molecule has 3 heteroatoms. The van der Waals surface area contributed by atoms with E-state index in [-0.39, 0.29) is 11.9 Å². The molecule has 1 aliphatic heterocycles. The van der Waals surface area contributed by atoms with Crippen molar-refractivity contribution < 1.29 is 14.9 Å². The Morgan fingerprint density at radius 1 is 1.46 bits per heavy atom. The van der Waals surface area contributed by atoms with Crippen LogP contribution in [0.15, 0.2) is 18.2 Å². The normalized spacial score (nSPS) is 26.3. The summed E-state index contributed by atoms with van der Waals surface area (Å²) in [6, 6.07) is 5.02. The van der Waals surface area contributed by atoms with Crippen molar-refractivity contribution in [3.05, 3.63) is 23.8 Å². The summed E-state index contributed by atoms with van der Waals surface area (Å²) < 4.78 is 5.46. The minimum absolute atomic E-state index is 0.00398. The molecule has 0 saturated heterocycles. The van der Waals surface area contributed by atoms with E-state index in [1.807, 2.05) is 6.92 Å². The van der Waals surface area contributed by atoms with Crippen LogP contribution in [0.25, 0.3) is 0 Å². The van der Waals surface area contributed by atoms with Crippen molar-refractivity contribution in [1.82, 2.24) is 0 Å². The largest absolute Gasteiger partial charge is 0.507 e. The van der Waals surface area contributed by atoms with Crippen LogP contribution >= 0.6 is 0 Å². The molecule has 3 nitrogen and oxygen atoms in total. The number of ether oxygens (including phenoxy) is 1. The van der Waals surface area contributed by atoms with E-state index in [0.29, 0.717) is 17.7 Å². The SMILES string of the molecule is C[C@H]1C[C@@H](O)c2c(O)cccc2O1. The van der Waals surface area contributed by atoms with Gasteiger partial charge in [0.1, 0.15) is 11.5 Å². The summed E-state index contributed by atoms with van der Waals surface area (Å²) >= 11 is 0. The average molecular weight is 180 g/mol. The van der Waals surface area contributed by atoms with Gasteiger partial charge in [0.2, 0.25) is 0 Å². The smallest absolute Gasteiger partial charge is 0.129 e. The summed E-state index contributed by atoms with van der Waals surface area (Å²) in [4.78, 5) is 0. The van der Waals surface area contributed by atoms with Crippen molar-refractivity contribution in [3.8, 4) is 11.5 Å². The highest BCUT2D eigenvalue weighted by Crippen LogP contribution is 2.39. The number of hydrogen-bond acceptors (Lipinski definition) is 3. The molecule has 0 fully saturated rings. The first-order valence-corrected chi connectivity index (χ1v) is 4.35. The Bertz CT molecular complexity index is 322. The molecule has 1 aromatic carbocycles. The minimum atomic E-state index is -0.611. The molecule has 70 valence electrons.